The van der Waals surface area contributed by atoms with Crippen LogP contribution in [0, 0.1) is 0 Å². The van der Waals surface area contributed by atoms with E-state index in [2.05, 4.69) is 10.3 Å². The fraction of sp³-hybridized carbons (Fsp3) is 0.417. The predicted molar refractivity (Wildman–Crippen MR) is 123 cm³/mol. The number of methoxy groups -OCH3 is 2. The molecule has 1 N–H and O–H groups in total. The molecule has 0 saturated heterocycles. The SMILES string of the molecule is CCOC(=O)Cc1csc(C2(C(=O)OC)C(C)NC(C)=C(C(=O)OC)C2c2ccccc2)n1. The fourth-order valence-corrected chi connectivity index (χ4v) is 5.59. The summed E-state index contributed by atoms with van der Waals surface area (Å²) < 4.78 is 15.5. The van der Waals surface area contributed by atoms with E-state index in [0.29, 0.717) is 22.0 Å². The summed E-state index contributed by atoms with van der Waals surface area (Å²) in [5, 5.41) is 5.44. The molecule has 33 heavy (non-hydrogen) atoms. The smallest absolute Gasteiger partial charge is 0.336 e. The quantitative estimate of drug-likeness (QED) is 0.485. The minimum atomic E-state index is -1.38. The maximum absolute atomic E-state index is 13.6. The third-order valence-corrected chi connectivity index (χ3v) is 6.90. The van der Waals surface area contributed by atoms with E-state index in [1.165, 1.54) is 25.6 Å². The van der Waals surface area contributed by atoms with Gasteiger partial charge in [-0.2, -0.15) is 0 Å². The first-order chi connectivity index (χ1) is 15.8. The van der Waals surface area contributed by atoms with Crippen LogP contribution in [0.3, 0.4) is 0 Å². The molecule has 8 nitrogen and oxygen atoms in total. The van der Waals surface area contributed by atoms with Crippen LogP contribution in [0.25, 0.3) is 0 Å². The van der Waals surface area contributed by atoms with Gasteiger partial charge in [-0.05, 0) is 26.3 Å². The zero-order valence-electron chi connectivity index (χ0n) is 19.3. The first-order valence-corrected chi connectivity index (χ1v) is 11.5. The molecule has 0 saturated carbocycles. The molecule has 3 atom stereocenters. The van der Waals surface area contributed by atoms with E-state index >= 15 is 0 Å². The lowest BCUT2D eigenvalue weighted by Gasteiger charge is -2.46. The molecule has 1 aromatic carbocycles. The van der Waals surface area contributed by atoms with E-state index in [-0.39, 0.29) is 13.0 Å². The Kier molecular flexibility index (Phi) is 7.53. The predicted octanol–water partition coefficient (Wildman–Crippen LogP) is 2.88. The van der Waals surface area contributed by atoms with Crippen LogP contribution < -0.4 is 5.32 Å². The molecule has 9 heteroatoms. The monoisotopic (exact) mass is 472 g/mol. The van der Waals surface area contributed by atoms with E-state index in [1.54, 1.807) is 19.2 Å². The Bertz CT molecular complexity index is 1060. The van der Waals surface area contributed by atoms with Gasteiger partial charge in [0.15, 0.2) is 5.41 Å². The van der Waals surface area contributed by atoms with E-state index in [0.717, 1.165) is 5.56 Å². The van der Waals surface area contributed by atoms with Crippen molar-refractivity contribution < 1.29 is 28.6 Å². The molecule has 176 valence electrons. The molecule has 2 heterocycles. The highest BCUT2D eigenvalue weighted by Gasteiger charge is 2.60. The average Bonchev–Trinajstić information content (AvgIpc) is 3.26. The second-order valence-electron chi connectivity index (χ2n) is 7.73. The Labute approximate surface area is 197 Å². The number of carbonyl (C=O) groups is 3. The lowest BCUT2D eigenvalue weighted by molar-refractivity contribution is -0.150. The number of esters is 3. The lowest BCUT2D eigenvalue weighted by atomic mass is 9.62. The summed E-state index contributed by atoms with van der Waals surface area (Å²) in [4.78, 5) is 43.3. The van der Waals surface area contributed by atoms with Crippen molar-refractivity contribution in [2.75, 3.05) is 20.8 Å². The summed E-state index contributed by atoms with van der Waals surface area (Å²) in [5.74, 6) is -2.21. The van der Waals surface area contributed by atoms with Crippen LogP contribution in [0.2, 0.25) is 0 Å². The zero-order chi connectivity index (χ0) is 24.2. The van der Waals surface area contributed by atoms with E-state index < -0.39 is 35.3 Å². The van der Waals surface area contributed by atoms with Gasteiger partial charge in [-0.25, -0.2) is 9.78 Å². The normalized spacial score (nSPS) is 22.3. The number of carbonyl (C=O) groups excluding carboxylic acids is 3. The number of thiazole rings is 1. The molecule has 1 aliphatic heterocycles. The lowest BCUT2D eigenvalue weighted by Crippen LogP contribution is -2.60. The molecule has 0 fully saturated rings. The summed E-state index contributed by atoms with van der Waals surface area (Å²) in [5.41, 5.74) is 0.802. The number of rotatable bonds is 7. The molecule has 0 bridgehead atoms. The van der Waals surface area contributed by atoms with Gasteiger partial charge in [0.05, 0.1) is 38.5 Å². The van der Waals surface area contributed by atoms with Crippen molar-refractivity contribution in [1.29, 1.82) is 0 Å². The Morgan fingerprint density at radius 3 is 2.45 bits per heavy atom. The van der Waals surface area contributed by atoms with Gasteiger partial charge in [0, 0.05) is 23.0 Å². The molecular weight excluding hydrogens is 444 g/mol. The fourth-order valence-electron chi connectivity index (χ4n) is 4.46. The Morgan fingerprint density at radius 1 is 1.15 bits per heavy atom. The Hall–Kier alpha value is -3.20. The van der Waals surface area contributed by atoms with Crippen LogP contribution in [0.5, 0.6) is 0 Å². The van der Waals surface area contributed by atoms with Crippen molar-refractivity contribution >= 4 is 29.2 Å². The minimum absolute atomic E-state index is 0.0157. The van der Waals surface area contributed by atoms with Crippen LogP contribution in [-0.2, 0) is 40.4 Å². The second-order valence-corrected chi connectivity index (χ2v) is 8.58. The van der Waals surface area contributed by atoms with Crippen LogP contribution in [0.15, 0.2) is 47.0 Å². The van der Waals surface area contributed by atoms with Crippen molar-refractivity contribution in [2.45, 2.75) is 44.6 Å². The van der Waals surface area contributed by atoms with Gasteiger partial charge in [0.1, 0.15) is 5.01 Å². The van der Waals surface area contributed by atoms with Crippen molar-refractivity contribution in [1.82, 2.24) is 10.3 Å². The summed E-state index contributed by atoms with van der Waals surface area (Å²) >= 11 is 1.25. The van der Waals surface area contributed by atoms with Gasteiger partial charge < -0.3 is 19.5 Å². The highest BCUT2D eigenvalue weighted by atomic mass is 32.1. The van der Waals surface area contributed by atoms with Crippen LogP contribution >= 0.6 is 11.3 Å². The first-order valence-electron chi connectivity index (χ1n) is 10.6. The number of hydrogen-bond donors (Lipinski definition) is 1. The summed E-state index contributed by atoms with van der Waals surface area (Å²) in [6.45, 7) is 5.65. The number of aromatic nitrogens is 1. The van der Waals surface area contributed by atoms with Crippen LogP contribution in [0.1, 0.15) is 43.0 Å². The Morgan fingerprint density at radius 2 is 1.85 bits per heavy atom. The molecule has 0 spiro atoms. The number of benzene rings is 1. The maximum Gasteiger partial charge on any atom is 0.336 e. The van der Waals surface area contributed by atoms with Gasteiger partial charge in [0.2, 0.25) is 0 Å². The highest BCUT2D eigenvalue weighted by molar-refractivity contribution is 7.10. The minimum Gasteiger partial charge on any atom is -0.468 e. The van der Waals surface area contributed by atoms with E-state index in [4.69, 9.17) is 14.2 Å². The first kappa shape index (κ1) is 24.4. The Balaban J connectivity index is 2.27. The average molecular weight is 473 g/mol. The molecule has 1 aliphatic rings. The summed E-state index contributed by atoms with van der Waals surface area (Å²) in [6, 6.07) is 8.81. The number of nitrogens with zero attached hydrogens (tertiary/aromatic N) is 1. The van der Waals surface area contributed by atoms with Crippen LogP contribution in [-0.4, -0.2) is 49.8 Å². The topological polar surface area (TPSA) is 104 Å². The molecule has 0 radical (unpaired) electrons. The summed E-state index contributed by atoms with van der Waals surface area (Å²) in [7, 11) is 2.62. The second kappa shape index (κ2) is 10.2. The molecule has 1 aromatic heterocycles. The van der Waals surface area contributed by atoms with E-state index in [9.17, 15) is 14.4 Å². The van der Waals surface area contributed by atoms with Gasteiger partial charge in [0.25, 0.3) is 0 Å². The molecular formula is C24H28N2O6S. The van der Waals surface area contributed by atoms with Gasteiger partial charge in [-0.1, -0.05) is 30.3 Å². The zero-order valence-corrected chi connectivity index (χ0v) is 20.2. The molecule has 2 aromatic rings. The molecule has 3 rings (SSSR count). The van der Waals surface area contributed by atoms with Crippen molar-refractivity contribution in [3.63, 3.8) is 0 Å². The third kappa shape index (κ3) is 4.37. The van der Waals surface area contributed by atoms with Crippen molar-refractivity contribution in [3.8, 4) is 0 Å². The largest absolute Gasteiger partial charge is 0.468 e. The van der Waals surface area contributed by atoms with Gasteiger partial charge in [-0.15, -0.1) is 11.3 Å². The number of nitrogens with one attached hydrogen (secondary N) is 1. The molecule has 3 unspecified atom stereocenters. The standard InChI is InChI=1S/C24H28N2O6S/c1-6-32-18(27)12-17-13-33-22(26-17)24(23(29)31-5)15(3)25-14(2)19(21(28)30-4)20(24)16-10-8-7-9-11-16/h7-11,13,15,20,25H,6,12H2,1-5H3. The summed E-state index contributed by atoms with van der Waals surface area (Å²) in [6.07, 6.45) is -0.0157. The van der Waals surface area contributed by atoms with Crippen LogP contribution in [0.4, 0.5) is 0 Å². The van der Waals surface area contributed by atoms with Gasteiger partial charge >= 0.3 is 17.9 Å². The number of allylic oxidation sites excluding steroid dienone is 1. The number of ether oxygens (including phenoxy) is 3. The third-order valence-electron chi connectivity index (χ3n) is 5.86. The maximum atomic E-state index is 13.6. The van der Waals surface area contributed by atoms with Gasteiger partial charge in [-0.3, -0.25) is 9.59 Å². The number of hydrogen-bond acceptors (Lipinski definition) is 9. The van der Waals surface area contributed by atoms with E-state index in [1.807, 2.05) is 37.3 Å². The van der Waals surface area contributed by atoms with Crippen molar-refractivity contribution in [3.05, 3.63) is 63.2 Å². The molecule has 0 aliphatic carbocycles. The molecule has 0 amide bonds. The van der Waals surface area contributed by atoms with Crippen molar-refractivity contribution in [2.24, 2.45) is 0 Å². The highest BCUT2D eigenvalue weighted by Crippen LogP contribution is 2.51.